The lowest BCUT2D eigenvalue weighted by molar-refractivity contribution is -0.151. The lowest BCUT2D eigenvalue weighted by Crippen LogP contribution is -2.73. The number of rotatable bonds is 3. The van der Waals surface area contributed by atoms with E-state index in [4.69, 9.17) is 4.74 Å². The summed E-state index contributed by atoms with van der Waals surface area (Å²) < 4.78 is 4.72. The minimum absolute atomic E-state index is 0.171. The molecule has 0 radical (unpaired) electrons. The Labute approximate surface area is 72.7 Å². The second-order valence-electron chi connectivity index (χ2n) is 3.48. The van der Waals surface area contributed by atoms with Crippen LogP contribution >= 0.6 is 0 Å². The summed E-state index contributed by atoms with van der Waals surface area (Å²) in [6, 6.07) is 0.297. The van der Waals surface area contributed by atoms with Gasteiger partial charge in [0.15, 0.2) is 0 Å². The van der Waals surface area contributed by atoms with Crippen LogP contribution in [0.15, 0.2) is 0 Å². The van der Waals surface area contributed by atoms with Crippen molar-refractivity contribution < 1.29 is 9.53 Å². The van der Waals surface area contributed by atoms with Crippen LogP contribution in [0, 0.1) is 0 Å². The van der Waals surface area contributed by atoms with Gasteiger partial charge in [-0.05, 0) is 13.8 Å². The zero-order valence-electron chi connectivity index (χ0n) is 7.81. The molecule has 0 spiro atoms. The van der Waals surface area contributed by atoms with Gasteiger partial charge in [-0.15, -0.1) is 0 Å². The summed E-state index contributed by atoms with van der Waals surface area (Å²) in [5.74, 6) is -0.171. The van der Waals surface area contributed by atoms with Crippen LogP contribution in [-0.2, 0) is 9.53 Å². The van der Waals surface area contributed by atoms with E-state index in [2.05, 4.69) is 10.6 Å². The first kappa shape index (κ1) is 9.48. The summed E-state index contributed by atoms with van der Waals surface area (Å²) in [5, 5.41) is 6.27. The van der Waals surface area contributed by atoms with Crippen LogP contribution in [0.5, 0.6) is 0 Å². The second-order valence-corrected chi connectivity index (χ2v) is 3.48. The molecule has 0 unspecified atom stereocenters. The molecule has 4 nitrogen and oxygen atoms in total. The molecule has 1 saturated heterocycles. The van der Waals surface area contributed by atoms with E-state index in [1.165, 1.54) is 7.11 Å². The quantitative estimate of drug-likeness (QED) is 0.563. The van der Waals surface area contributed by atoms with Gasteiger partial charge in [0.25, 0.3) is 0 Å². The lowest BCUT2D eigenvalue weighted by Gasteiger charge is -2.41. The molecular formula is C8H16N2O2. The minimum Gasteiger partial charge on any atom is -0.468 e. The van der Waals surface area contributed by atoms with Gasteiger partial charge in [0.1, 0.15) is 5.54 Å². The van der Waals surface area contributed by atoms with Gasteiger partial charge in [-0.3, -0.25) is 5.32 Å². The zero-order valence-corrected chi connectivity index (χ0v) is 7.81. The highest BCUT2D eigenvalue weighted by Crippen LogP contribution is 2.13. The molecule has 1 fully saturated rings. The Bertz CT molecular complexity index is 176. The van der Waals surface area contributed by atoms with Gasteiger partial charge in [-0.25, -0.2) is 4.79 Å². The molecule has 2 N–H and O–H groups in total. The monoisotopic (exact) mass is 172 g/mol. The maximum absolute atomic E-state index is 11.3. The van der Waals surface area contributed by atoms with E-state index in [-0.39, 0.29) is 5.97 Å². The molecule has 0 atom stereocenters. The molecule has 0 amide bonds. The summed E-state index contributed by atoms with van der Waals surface area (Å²) in [4.78, 5) is 11.3. The second kappa shape index (κ2) is 3.41. The lowest BCUT2D eigenvalue weighted by atomic mass is 9.91. The van der Waals surface area contributed by atoms with Crippen LogP contribution < -0.4 is 10.6 Å². The number of carbonyl (C=O) groups is 1. The Balaban J connectivity index is 2.56. The van der Waals surface area contributed by atoms with E-state index in [1.807, 2.05) is 13.8 Å². The van der Waals surface area contributed by atoms with Gasteiger partial charge in [0, 0.05) is 19.1 Å². The summed E-state index contributed by atoms with van der Waals surface area (Å²) in [6.07, 6.45) is 0. The third-order valence-corrected chi connectivity index (χ3v) is 1.99. The molecule has 0 aromatic carbocycles. The highest BCUT2D eigenvalue weighted by Gasteiger charge is 2.45. The largest absolute Gasteiger partial charge is 0.468 e. The first-order chi connectivity index (χ1) is 5.60. The number of nitrogens with one attached hydrogen (secondary N) is 2. The van der Waals surface area contributed by atoms with Gasteiger partial charge in [-0.2, -0.15) is 0 Å². The van der Waals surface area contributed by atoms with Crippen molar-refractivity contribution in [2.24, 2.45) is 0 Å². The summed E-state index contributed by atoms with van der Waals surface area (Å²) in [7, 11) is 1.42. The van der Waals surface area contributed by atoms with Crippen LogP contribution in [0.1, 0.15) is 13.8 Å². The molecule has 1 aliphatic heterocycles. The Morgan fingerprint density at radius 3 is 2.42 bits per heavy atom. The third kappa shape index (κ3) is 1.59. The van der Waals surface area contributed by atoms with Crippen LogP contribution in [0.2, 0.25) is 0 Å². The predicted molar refractivity (Wildman–Crippen MR) is 45.9 cm³/mol. The molecule has 1 heterocycles. The van der Waals surface area contributed by atoms with Crippen LogP contribution in [0.4, 0.5) is 0 Å². The number of hydrogen-bond donors (Lipinski definition) is 2. The number of ether oxygens (including phenoxy) is 1. The van der Waals surface area contributed by atoms with Crippen molar-refractivity contribution >= 4 is 5.97 Å². The van der Waals surface area contributed by atoms with Crippen molar-refractivity contribution in [3.05, 3.63) is 0 Å². The SMILES string of the molecule is COC(=O)C1(NC(C)C)CNC1. The molecule has 1 rings (SSSR count). The Kier molecular flexibility index (Phi) is 2.69. The smallest absolute Gasteiger partial charge is 0.328 e. The number of carbonyl (C=O) groups excluding carboxylic acids is 1. The van der Waals surface area contributed by atoms with E-state index in [0.29, 0.717) is 19.1 Å². The third-order valence-electron chi connectivity index (χ3n) is 1.99. The van der Waals surface area contributed by atoms with Gasteiger partial charge in [0.2, 0.25) is 0 Å². The Hall–Kier alpha value is -0.610. The fourth-order valence-electron chi connectivity index (χ4n) is 1.43. The molecule has 0 bridgehead atoms. The maximum Gasteiger partial charge on any atom is 0.328 e. The Morgan fingerprint density at radius 1 is 1.58 bits per heavy atom. The fraction of sp³-hybridized carbons (Fsp3) is 0.875. The minimum atomic E-state index is -0.469. The van der Waals surface area contributed by atoms with Crippen LogP contribution in [0.3, 0.4) is 0 Å². The van der Waals surface area contributed by atoms with Crippen molar-refractivity contribution in [3.8, 4) is 0 Å². The fourth-order valence-corrected chi connectivity index (χ4v) is 1.43. The first-order valence-electron chi connectivity index (χ1n) is 4.17. The van der Waals surface area contributed by atoms with Crippen molar-refractivity contribution in [2.45, 2.75) is 25.4 Å². The number of hydrogen-bond acceptors (Lipinski definition) is 4. The average Bonchev–Trinajstić information content (AvgIpc) is 1.95. The van der Waals surface area contributed by atoms with E-state index >= 15 is 0 Å². The van der Waals surface area contributed by atoms with Crippen LogP contribution in [-0.4, -0.2) is 37.7 Å². The van der Waals surface area contributed by atoms with E-state index in [1.54, 1.807) is 0 Å². The number of esters is 1. The molecular weight excluding hydrogens is 156 g/mol. The average molecular weight is 172 g/mol. The molecule has 70 valence electrons. The molecule has 4 heteroatoms. The molecule has 0 saturated carbocycles. The summed E-state index contributed by atoms with van der Waals surface area (Å²) in [5.41, 5.74) is -0.469. The molecule has 12 heavy (non-hydrogen) atoms. The first-order valence-corrected chi connectivity index (χ1v) is 4.17. The zero-order chi connectivity index (χ0) is 9.19. The maximum atomic E-state index is 11.3. The van der Waals surface area contributed by atoms with Gasteiger partial charge in [0.05, 0.1) is 7.11 Å². The normalized spacial score (nSPS) is 20.3. The summed E-state index contributed by atoms with van der Waals surface area (Å²) in [6.45, 7) is 5.36. The molecule has 0 aromatic heterocycles. The van der Waals surface area contributed by atoms with Crippen LogP contribution in [0.25, 0.3) is 0 Å². The topological polar surface area (TPSA) is 50.4 Å². The van der Waals surface area contributed by atoms with Crippen molar-refractivity contribution in [1.29, 1.82) is 0 Å². The van der Waals surface area contributed by atoms with Gasteiger partial charge >= 0.3 is 5.97 Å². The van der Waals surface area contributed by atoms with E-state index in [0.717, 1.165) is 0 Å². The van der Waals surface area contributed by atoms with Crippen molar-refractivity contribution in [2.75, 3.05) is 20.2 Å². The standard InChI is InChI=1S/C8H16N2O2/c1-6(2)10-8(4-9-5-8)7(11)12-3/h6,9-10H,4-5H2,1-3H3. The van der Waals surface area contributed by atoms with Crippen molar-refractivity contribution in [3.63, 3.8) is 0 Å². The Morgan fingerprint density at radius 2 is 2.17 bits per heavy atom. The molecule has 0 aliphatic carbocycles. The van der Waals surface area contributed by atoms with E-state index < -0.39 is 5.54 Å². The van der Waals surface area contributed by atoms with Gasteiger partial charge in [-0.1, -0.05) is 0 Å². The van der Waals surface area contributed by atoms with Crippen molar-refractivity contribution in [1.82, 2.24) is 10.6 Å². The highest BCUT2D eigenvalue weighted by atomic mass is 16.5. The van der Waals surface area contributed by atoms with Gasteiger partial charge < -0.3 is 10.1 Å². The molecule has 1 aliphatic rings. The number of methoxy groups -OCH3 is 1. The summed E-state index contributed by atoms with van der Waals surface area (Å²) >= 11 is 0. The predicted octanol–water partition coefficient (Wildman–Crippen LogP) is -0.501. The molecule has 0 aromatic rings. The van der Waals surface area contributed by atoms with E-state index in [9.17, 15) is 4.79 Å². The highest BCUT2D eigenvalue weighted by molar-refractivity contribution is 5.82.